The minimum Gasteiger partial charge on any atom is -0.504 e. The van der Waals surface area contributed by atoms with Crippen LogP contribution in [0, 0.1) is 0 Å². The third-order valence-electron chi connectivity index (χ3n) is 5.34. The number of phosphoric ester groups is 2. The van der Waals surface area contributed by atoms with Crippen LogP contribution in [0.2, 0.25) is 0 Å². The number of nitrogens with two attached hydrogens (primary N) is 1. The molecular weight excluding hydrogens is 566 g/mol. The highest BCUT2D eigenvalue weighted by Crippen LogP contribution is 2.43. The number of carboxylic acid groups (broad SMARTS) is 1. The molecule has 0 heterocycles. The van der Waals surface area contributed by atoms with E-state index in [9.17, 15) is 34.0 Å². The molecule has 0 aliphatic rings. The van der Waals surface area contributed by atoms with Gasteiger partial charge in [0, 0.05) is 12.8 Å². The minimum absolute atomic E-state index is 0.181. The first-order chi connectivity index (χ1) is 17.8. The Morgan fingerprint density at radius 3 is 1.59 bits per heavy atom. The number of phosphoric acid groups is 2. The largest absolute Gasteiger partial charge is 0.524 e. The summed E-state index contributed by atoms with van der Waals surface area (Å²) in [5.74, 6) is 1.02. The van der Waals surface area contributed by atoms with Crippen molar-refractivity contribution >= 4 is 27.5 Å². The van der Waals surface area contributed by atoms with Crippen molar-refractivity contribution in [3.8, 4) is 23.0 Å². The fourth-order valence-electron chi connectivity index (χ4n) is 3.28. The molecule has 0 unspecified atom stereocenters. The van der Waals surface area contributed by atoms with E-state index in [0.717, 1.165) is 24.3 Å². The number of phenols is 2. The molecule has 1 amide bonds. The van der Waals surface area contributed by atoms with Crippen LogP contribution in [0.5, 0.6) is 23.0 Å². The van der Waals surface area contributed by atoms with Crippen molar-refractivity contribution in [2.24, 2.45) is 5.84 Å². The molecule has 0 aliphatic heterocycles. The molecule has 12 N–H and O–H groups in total. The van der Waals surface area contributed by atoms with Crippen LogP contribution in [0.4, 0.5) is 0 Å². The first-order valence-electron chi connectivity index (χ1n) is 10.7. The molecule has 19 heteroatoms. The normalized spacial score (nSPS) is 15.1. The van der Waals surface area contributed by atoms with E-state index in [-0.39, 0.29) is 24.0 Å². The van der Waals surface area contributed by atoms with Gasteiger partial charge >= 0.3 is 21.6 Å². The zero-order valence-electron chi connectivity index (χ0n) is 20.4. The second-order valence-electron chi connectivity index (χ2n) is 8.81. The lowest BCUT2D eigenvalue weighted by Gasteiger charge is -2.32. The summed E-state index contributed by atoms with van der Waals surface area (Å²) in [7, 11) is -9.88. The van der Waals surface area contributed by atoms with Gasteiger partial charge in [-0.1, -0.05) is 12.1 Å². The molecule has 2 aromatic rings. The Labute approximate surface area is 221 Å². The van der Waals surface area contributed by atoms with Crippen LogP contribution in [0.3, 0.4) is 0 Å². The molecule has 0 saturated heterocycles. The van der Waals surface area contributed by atoms with Gasteiger partial charge in [-0.15, -0.1) is 0 Å². The highest BCUT2D eigenvalue weighted by molar-refractivity contribution is 7.47. The number of phenolic OH excluding ortho intramolecular Hbond substituents is 2. The van der Waals surface area contributed by atoms with E-state index in [2.05, 4.69) is 25.3 Å². The molecule has 17 nitrogen and oxygen atoms in total. The molecule has 0 bridgehead atoms. The predicted molar refractivity (Wildman–Crippen MR) is 132 cm³/mol. The molecule has 0 aromatic heterocycles. The van der Waals surface area contributed by atoms with Crippen molar-refractivity contribution in [1.29, 1.82) is 0 Å². The molecule has 0 fully saturated rings. The van der Waals surface area contributed by atoms with E-state index in [1.807, 2.05) is 0 Å². The minimum atomic E-state index is -4.95. The van der Waals surface area contributed by atoms with Crippen molar-refractivity contribution in [1.82, 2.24) is 16.3 Å². The van der Waals surface area contributed by atoms with Gasteiger partial charge in [-0.05, 0) is 49.2 Å². The lowest BCUT2D eigenvalue weighted by molar-refractivity contribution is -0.145. The number of hydrogen-bond donors (Lipinski definition) is 11. The van der Waals surface area contributed by atoms with Crippen molar-refractivity contribution < 1.29 is 62.7 Å². The Balaban J connectivity index is 2.16. The molecule has 0 saturated carbocycles. The van der Waals surface area contributed by atoms with E-state index in [0.29, 0.717) is 0 Å². The average molecular weight is 594 g/mol. The molecule has 0 aliphatic carbocycles. The number of hydrogen-bond acceptors (Lipinski definition) is 11. The van der Waals surface area contributed by atoms with Crippen molar-refractivity contribution in [3.05, 3.63) is 47.5 Å². The summed E-state index contributed by atoms with van der Waals surface area (Å²) in [5.41, 5.74) is 3.99. The van der Waals surface area contributed by atoms with Gasteiger partial charge < -0.3 is 24.4 Å². The lowest BCUT2D eigenvalue weighted by Crippen LogP contribution is -2.66. The Morgan fingerprint density at radius 2 is 1.26 bits per heavy atom. The number of nitrogens with one attached hydrogen (secondary N) is 3. The number of carboxylic acids is 1. The maximum atomic E-state index is 13.0. The van der Waals surface area contributed by atoms with Crippen LogP contribution in [-0.4, -0.2) is 57.8 Å². The number of aromatic hydroxyl groups is 2. The molecule has 0 radical (unpaired) electrons. The third-order valence-corrected chi connectivity index (χ3v) is 6.21. The number of amides is 1. The summed E-state index contributed by atoms with van der Waals surface area (Å²) < 4.78 is 30.6. The Hall–Kier alpha value is -3.24. The monoisotopic (exact) mass is 594 g/mol. The first kappa shape index (κ1) is 32.0. The molecule has 39 heavy (non-hydrogen) atoms. The number of benzene rings is 2. The van der Waals surface area contributed by atoms with Gasteiger partial charge in [0.1, 0.15) is 11.1 Å². The summed E-state index contributed by atoms with van der Waals surface area (Å²) in [4.78, 5) is 60.5. The van der Waals surface area contributed by atoms with Crippen molar-refractivity contribution in [2.75, 3.05) is 0 Å². The number of carbonyl (C=O) groups is 2. The smallest absolute Gasteiger partial charge is 0.504 e. The van der Waals surface area contributed by atoms with E-state index in [4.69, 9.17) is 25.4 Å². The fraction of sp³-hybridized carbons (Fsp3) is 0.300. The topological polar surface area (TPSA) is 290 Å². The Bertz CT molecular complexity index is 1330. The van der Waals surface area contributed by atoms with Gasteiger partial charge in [0.05, 0.1) is 0 Å². The molecule has 2 atom stereocenters. The summed E-state index contributed by atoms with van der Waals surface area (Å²) in [5, 5.41) is 29.8. The highest BCUT2D eigenvalue weighted by Gasteiger charge is 2.38. The standard InChI is InChI=1S/C20H28N4O13P2/c1-19(23-21,9-11-3-5-15(13(25)7-11)36-38(30,31)32)17(27)22-24-20(2,18(28)29)10-12-4-6-16(14(26)8-12)37-39(33,34)35/h3-8,23-26H,9-10,21H2,1-2H3,(H,22,27)(H,28,29)(H2,30,31,32)(H2,33,34,35)/t19-,20-/m0/s1. The maximum absolute atomic E-state index is 13.0. The highest BCUT2D eigenvalue weighted by atomic mass is 31.2. The van der Waals surface area contributed by atoms with Gasteiger partial charge in [-0.3, -0.25) is 40.4 Å². The van der Waals surface area contributed by atoms with Crippen molar-refractivity contribution in [3.63, 3.8) is 0 Å². The number of hydrazine groups is 2. The number of aliphatic carboxylic acids is 1. The van der Waals surface area contributed by atoms with Crippen LogP contribution in [0.15, 0.2) is 36.4 Å². The summed E-state index contributed by atoms with van der Waals surface area (Å²) in [6, 6.07) is 6.81. The Morgan fingerprint density at radius 1 is 0.846 bits per heavy atom. The summed E-state index contributed by atoms with van der Waals surface area (Å²) in [6.07, 6.45) is -0.506. The van der Waals surface area contributed by atoms with Crippen LogP contribution >= 0.6 is 15.6 Å². The number of carbonyl (C=O) groups excluding carboxylic acids is 1. The van der Waals surface area contributed by atoms with Crippen LogP contribution in [0.25, 0.3) is 0 Å². The Kier molecular flexibility index (Phi) is 9.74. The van der Waals surface area contributed by atoms with E-state index in [1.54, 1.807) is 0 Å². The summed E-state index contributed by atoms with van der Waals surface area (Å²) in [6.45, 7) is 2.58. The second kappa shape index (κ2) is 11.9. The van der Waals surface area contributed by atoms with E-state index in [1.165, 1.54) is 26.0 Å². The maximum Gasteiger partial charge on any atom is 0.524 e. The van der Waals surface area contributed by atoms with Crippen LogP contribution in [0.1, 0.15) is 25.0 Å². The molecule has 0 spiro atoms. The van der Waals surface area contributed by atoms with Gasteiger partial charge in [0.2, 0.25) is 0 Å². The average Bonchev–Trinajstić information content (AvgIpc) is 2.79. The zero-order chi connectivity index (χ0) is 29.8. The first-order valence-corrected chi connectivity index (χ1v) is 13.8. The fourth-order valence-corrected chi connectivity index (χ4v) is 4.10. The van der Waals surface area contributed by atoms with E-state index < -0.39 is 61.6 Å². The van der Waals surface area contributed by atoms with Gasteiger partial charge in [0.15, 0.2) is 23.0 Å². The van der Waals surface area contributed by atoms with Crippen LogP contribution < -0.4 is 31.2 Å². The van der Waals surface area contributed by atoms with Gasteiger partial charge in [-0.25, -0.2) is 20.0 Å². The van der Waals surface area contributed by atoms with Crippen molar-refractivity contribution in [2.45, 2.75) is 37.8 Å². The zero-order valence-corrected chi connectivity index (χ0v) is 22.2. The van der Waals surface area contributed by atoms with Gasteiger partial charge in [-0.2, -0.15) is 0 Å². The molecule has 2 aromatic carbocycles. The summed E-state index contributed by atoms with van der Waals surface area (Å²) >= 11 is 0. The molecule has 216 valence electrons. The van der Waals surface area contributed by atoms with Crippen LogP contribution in [-0.2, 0) is 31.6 Å². The molecule has 2 rings (SSSR count). The number of rotatable bonds is 13. The SMILES string of the molecule is C[C@@](Cc1ccc(OP(=O)(O)O)c(O)c1)(NNC(=O)[C@](C)(Cc1ccc(OP(=O)(O)O)c(O)c1)NN)C(=O)O. The second-order valence-corrected chi connectivity index (χ2v) is 11.1. The molecular formula is C20H28N4O13P2. The van der Waals surface area contributed by atoms with Gasteiger partial charge in [0.25, 0.3) is 5.91 Å². The predicted octanol–water partition coefficient (Wildman–Crippen LogP) is -0.488. The lowest BCUT2D eigenvalue weighted by atomic mass is 9.91. The third kappa shape index (κ3) is 9.18. The quantitative estimate of drug-likeness (QED) is 0.0792. The van der Waals surface area contributed by atoms with E-state index >= 15 is 0 Å².